The van der Waals surface area contributed by atoms with Crippen LogP contribution in [0.25, 0.3) is 0 Å². The highest BCUT2D eigenvalue weighted by Gasteiger charge is 2.23. The average molecular weight is 214 g/mol. The van der Waals surface area contributed by atoms with Gasteiger partial charge in [-0.1, -0.05) is 6.92 Å². The van der Waals surface area contributed by atoms with Crippen LogP contribution in [-0.2, 0) is 10.0 Å². The molecule has 74 valence electrons. The molecule has 1 unspecified atom stereocenters. The van der Waals surface area contributed by atoms with Gasteiger partial charge in [-0.25, -0.2) is 12.7 Å². The Hall–Kier alpha value is 0.200. The predicted molar refractivity (Wildman–Crippen MR) is 52.0 cm³/mol. The van der Waals surface area contributed by atoms with Crippen molar-refractivity contribution in [2.45, 2.75) is 25.5 Å². The highest BCUT2D eigenvalue weighted by molar-refractivity contribution is 7.89. The molecule has 3 nitrogen and oxygen atoms in total. The minimum atomic E-state index is -3.15. The molecule has 0 fully saturated rings. The molecule has 0 spiro atoms. The molecule has 5 heteroatoms. The van der Waals surface area contributed by atoms with Crippen molar-refractivity contribution in [1.29, 1.82) is 0 Å². The zero-order chi connectivity index (χ0) is 9.78. The van der Waals surface area contributed by atoms with Gasteiger partial charge in [0, 0.05) is 19.5 Å². The third kappa shape index (κ3) is 2.92. The number of nitrogens with zero attached hydrogens (tertiary/aromatic N) is 1. The van der Waals surface area contributed by atoms with E-state index in [1.165, 1.54) is 4.31 Å². The molecule has 0 aliphatic rings. The maximum atomic E-state index is 11.5. The van der Waals surface area contributed by atoms with E-state index in [0.29, 0.717) is 6.54 Å². The van der Waals surface area contributed by atoms with Crippen molar-refractivity contribution in [3.8, 4) is 0 Å². The van der Waals surface area contributed by atoms with Crippen molar-refractivity contribution in [1.82, 2.24) is 4.31 Å². The number of halogens is 1. The van der Waals surface area contributed by atoms with E-state index < -0.39 is 15.3 Å². The molecule has 0 rings (SSSR count). The van der Waals surface area contributed by atoms with Crippen LogP contribution in [0, 0.1) is 0 Å². The summed E-state index contributed by atoms with van der Waals surface area (Å²) >= 11 is 5.47. The number of alkyl halides is 1. The highest BCUT2D eigenvalue weighted by atomic mass is 35.5. The molecule has 12 heavy (non-hydrogen) atoms. The Bertz CT molecular complexity index is 215. The van der Waals surface area contributed by atoms with E-state index in [1.807, 2.05) is 6.92 Å². The Kier molecular flexibility index (Phi) is 5.13. The molecule has 0 aliphatic carbocycles. The second kappa shape index (κ2) is 5.04. The van der Waals surface area contributed by atoms with Crippen LogP contribution in [0.3, 0.4) is 0 Å². The lowest BCUT2D eigenvalue weighted by atomic mass is 10.5. The smallest absolute Gasteiger partial charge is 0.212 e. The van der Waals surface area contributed by atoms with E-state index in [-0.39, 0.29) is 5.88 Å². The molecule has 0 radical (unpaired) electrons. The van der Waals surface area contributed by atoms with Crippen LogP contribution >= 0.6 is 11.6 Å². The molecule has 0 saturated carbocycles. The fourth-order valence-corrected chi connectivity index (χ4v) is 2.52. The van der Waals surface area contributed by atoms with Crippen LogP contribution in [0.15, 0.2) is 0 Å². The third-order valence-corrected chi connectivity index (χ3v) is 4.58. The predicted octanol–water partition coefficient (Wildman–Crippen LogP) is 1.29. The maximum absolute atomic E-state index is 11.5. The van der Waals surface area contributed by atoms with Crippen LogP contribution in [0.1, 0.15) is 20.3 Å². The van der Waals surface area contributed by atoms with E-state index in [2.05, 4.69) is 0 Å². The third-order valence-electron chi connectivity index (χ3n) is 1.70. The molecule has 0 N–H and O–H groups in total. The molecule has 0 aromatic heterocycles. The van der Waals surface area contributed by atoms with E-state index in [1.54, 1.807) is 14.0 Å². The normalized spacial score (nSPS) is 15.1. The van der Waals surface area contributed by atoms with Gasteiger partial charge in [-0.05, 0) is 13.3 Å². The fraction of sp³-hybridized carbons (Fsp3) is 1.00. The number of rotatable bonds is 5. The fourth-order valence-electron chi connectivity index (χ4n) is 0.829. The molecular formula is C7H16ClNO2S. The van der Waals surface area contributed by atoms with Gasteiger partial charge in [0.15, 0.2) is 0 Å². The minimum Gasteiger partial charge on any atom is -0.212 e. The van der Waals surface area contributed by atoms with Gasteiger partial charge in [-0.2, -0.15) is 0 Å². The summed E-state index contributed by atoms with van der Waals surface area (Å²) in [6.45, 7) is 4.12. The van der Waals surface area contributed by atoms with Gasteiger partial charge in [0.1, 0.15) is 0 Å². The van der Waals surface area contributed by atoms with Gasteiger partial charge in [0.2, 0.25) is 10.0 Å². The Labute approximate surface area is 79.8 Å². The van der Waals surface area contributed by atoms with E-state index >= 15 is 0 Å². The van der Waals surface area contributed by atoms with Gasteiger partial charge in [0.05, 0.1) is 5.25 Å². The van der Waals surface area contributed by atoms with Crippen molar-refractivity contribution in [3.05, 3.63) is 0 Å². The van der Waals surface area contributed by atoms with Crippen LogP contribution in [0.5, 0.6) is 0 Å². The number of hydrogen-bond acceptors (Lipinski definition) is 2. The molecule has 0 bridgehead atoms. The van der Waals surface area contributed by atoms with E-state index in [4.69, 9.17) is 11.6 Å². The first kappa shape index (κ1) is 12.2. The SMILES string of the molecule is CCCN(C)S(=O)(=O)C(C)CCl. The Balaban J connectivity index is 4.39. The van der Waals surface area contributed by atoms with Gasteiger partial charge < -0.3 is 0 Å². The zero-order valence-corrected chi connectivity index (χ0v) is 9.32. The summed E-state index contributed by atoms with van der Waals surface area (Å²) in [5.74, 6) is 0.149. The molecular weight excluding hydrogens is 198 g/mol. The van der Waals surface area contributed by atoms with Crippen molar-refractivity contribution in [2.75, 3.05) is 19.5 Å². The van der Waals surface area contributed by atoms with Crippen LogP contribution in [0.4, 0.5) is 0 Å². The molecule has 0 aromatic rings. The Morgan fingerprint density at radius 1 is 1.50 bits per heavy atom. The van der Waals surface area contributed by atoms with Crippen molar-refractivity contribution in [2.24, 2.45) is 0 Å². The largest absolute Gasteiger partial charge is 0.217 e. The van der Waals surface area contributed by atoms with Crippen LogP contribution in [-0.4, -0.2) is 37.4 Å². The number of sulfonamides is 1. The first-order valence-electron chi connectivity index (χ1n) is 3.98. The van der Waals surface area contributed by atoms with Crippen LogP contribution in [0.2, 0.25) is 0 Å². The summed E-state index contributed by atoms with van der Waals surface area (Å²) in [4.78, 5) is 0. The second-order valence-electron chi connectivity index (χ2n) is 2.83. The number of hydrogen-bond donors (Lipinski definition) is 0. The maximum Gasteiger partial charge on any atom is 0.217 e. The lowest BCUT2D eigenvalue weighted by molar-refractivity contribution is 0.462. The van der Waals surface area contributed by atoms with E-state index in [0.717, 1.165) is 6.42 Å². The van der Waals surface area contributed by atoms with Gasteiger partial charge >= 0.3 is 0 Å². The van der Waals surface area contributed by atoms with Crippen LogP contribution < -0.4 is 0 Å². The van der Waals surface area contributed by atoms with Crippen molar-refractivity contribution >= 4 is 21.6 Å². The summed E-state index contributed by atoms with van der Waals surface area (Å²) < 4.78 is 24.3. The second-order valence-corrected chi connectivity index (χ2v) is 5.60. The summed E-state index contributed by atoms with van der Waals surface area (Å²) in [6, 6.07) is 0. The Morgan fingerprint density at radius 2 is 2.00 bits per heavy atom. The minimum absolute atomic E-state index is 0.149. The van der Waals surface area contributed by atoms with Crippen molar-refractivity contribution < 1.29 is 8.42 Å². The first-order chi connectivity index (χ1) is 5.46. The van der Waals surface area contributed by atoms with Gasteiger partial charge in [-0.3, -0.25) is 0 Å². The highest BCUT2D eigenvalue weighted by Crippen LogP contribution is 2.08. The summed E-state index contributed by atoms with van der Waals surface area (Å²) in [6.07, 6.45) is 0.824. The standard InChI is InChI=1S/C7H16ClNO2S/c1-4-5-9(3)12(10,11)7(2)6-8/h7H,4-6H2,1-3H3. The topological polar surface area (TPSA) is 37.4 Å². The summed E-state index contributed by atoms with van der Waals surface area (Å²) in [5, 5.41) is -0.490. The Morgan fingerprint density at radius 3 is 2.33 bits per heavy atom. The van der Waals surface area contributed by atoms with Gasteiger partial charge in [-0.15, -0.1) is 11.6 Å². The van der Waals surface area contributed by atoms with Gasteiger partial charge in [0.25, 0.3) is 0 Å². The zero-order valence-electron chi connectivity index (χ0n) is 7.75. The van der Waals surface area contributed by atoms with E-state index in [9.17, 15) is 8.42 Å². The lowest BCUT2D eigenvalue weighted by Gasteiger charge is -2.19. The molecule has 0 aromatic carbocycles. The molecule has 0 aliphatic heterocycles. The first-order valence-corrected chi connectivity index (χ1v) is 6.01. The summed E-state index contributed by atoms with van der Waals surface area (Å²) in [7, 11) is -1.56. The quantitative estimate of drug-likeness (QED) is 0.646. The molecule has 0 amide bonds. The molecule has 0 saturated heterocycles. The lowest BCUT2D eigenvalue weighted by Crippen LogP contribution is -2.35. The van der Waals surface area contributed by atoms with Crippen molar-refractivity contribution in [3.63, 3.8) is 0 Å². The monoisotopic (exact) mass is 213 g/mol. The summed E-state index contributed by atoms with van der Waals surface area (Å²) in [5.41, 5.74) is 0. The molecule has 0 heterocycles. The molecule has 1 atom stereocenters. The average Bonchev–Trinajstić information content (AvgIpc) is 2.03.